The van der Waals surface area contributed by atoms with Crippen molar-refractivity contribution in [3.63, 3.8) is 0 Å². The zero-order chi connectivity index (χ0) is 14.0. The molecule has 0 saturated heterocycles. The highest BCUT2D eigenvalue weighted by molar-refractivity contribution is 5.97. The van der Waals surface area contributed by atoms with E-state index in [2.05, 4.69) is 15.4 Å². The number of carbonyl (C=O) groups excluding carboxylic acids is 1. The number of amides is 1. The van der Waals surface area contributed by atoms with Crippen molar-refractivity contribution in [2.75, 3.05) is 11.9 Å². The van der Waals surface area contributed by atoms with Crippen molar-refractivity contribution in [1.29, 1.82) is 0 Å². The molecule has 3 N–H and O–H groups in total. The number of carbonyl (C=O) groups is 1. The Balaban J connectivity index is 1.70. The summed E-state index contributed by atoms with van der Waals surface area (Å²) in [6, 6.07) is 7.75. The Bertz CT molecular complexity index is 604. The molecule has 6 nitrogen and oxygen atoms in total. The van der Waals surface area contributed by atoms with Crippen LogP contribution in [0.5, 0.6) is 0 Å². The molecule has 1 saturated carbocycles. The van der Waals surface area contributed by atoms with E-state index in [9.17, 15) is 4.79 Å². The standard InChI is InChI=1S/C14H17N5O/c15-8-14(4-5-14)13(20)18-12-3-1-2-11(6-12)7-19-10-16-9-17-19/h1-3,6,9-10H,4-5,7-8,15H2,(H,18,20). The highest BCUT2D eigenvalue weighted by Gasteiger charge is 2.48. The molecule has 0 bridgehead atoms. The van der Waals surface area contributed by atoms with Crippen molar-refractivity contribution < 1.29 is 4.79 Å². The SMILES string of the molecule is NCC1(C(=O)Nc2cccc(Cn3cncn3)c2)CC1. The van der Waals surface area contributed by atoms with Gasteiger partial charge in [0.2, 0.25) is 5.91 Å². The van der Waals surface area contributed by atoms with Crippen LogP contribution in [0.25, 0.3) is 0 Å². The average Bonchev–Trinajstić information content (AvgIpc) is 3.11. The Labute approximate surface area is 117 Å². The predicted octanol–water partition coefficient (Wildman–Crippen LogP) is 1.00. The quantitative estimate of drug-likeness (QED) is 0.849. The average molecular weight is 271 g/mol. The second kappa shape index (κ2) is 5.05. The maximum atomic E-state index is 12.1. The first-order chi connectivity index (χ1) is 9.72. The van der Waals surface area contributed by atoms with Crippen LogP contribution in [0, 0.1) is 5.41 Å². The topological polar surface area (TPSA) is 85.8 Å². The number of hydrogen-bond donors (Lipinski definition) is 2. The van der Waals surface area contributed by atoms with Gasteiger partial charge in [-0.05, 0) is 30.5 Å². The smallest absolute Gasteiger partial charge is 0.231 e. The van der Waals surface area contributed by atoms with E-state index in [-0.39, 0.29) is 11.3 Å². The Hall–Kier alpha value is -2.21. The van der Waals surface area contributed by atoms with Gasteiger partial charge in [0, 0.05) is 12.2 Å². The maximum Gasteiger partial charge on any atom is 0.231 e. The molecule has 1 amide bonds. The van der Waals surface area contributed by atoms with Crippen molar-refractivity contribution >= 4 is 11.6 Å². The van der Waals surface area contributed by atoms with Crippen LogP contribution in [0.4, 0.5) is 5.69 Å². The number of anilines is 1. The first-order valence-electron chi connectivity index (χ1n) is 6.65. The molecule has 0 spiro atoms. The highest BCUT2D eigenvalue weighted by atomic mass is 16.2. The molecule has 1 fully saturated rings. The number of aromatic nitrogens is 3. The summed E-state index contributed by atoms with van der Waals surface area (Å²) in [5.41, 5.74) is 7.19. The van der Waals surface area contributed by atoms with Crippen LogP contribution >= 0.6 is 0 Å². The molecule has 1 heterocycles. The number of benzene rings is 1. The third-order valence-corrected chi connectivity index (χ3v) is 3.72. The Morgan fingerprint density at radius 2 is 2.30 bits per heavy atom. The van der Waals surface area contributed by atoms with Gasteiger partial charge in [-0.1, -0.05) is 12.1 Å². The van der Waals surface area contributed by atoms with Gasteiger partial charge in [-0.2, -0.15) is 5.10 Å². The Morgan fingerprint density at radius 3 is 2.95 bits per heavy atom. The summed E-state index contributed by atoms with van der Waals surface area (Å²) in [6.45, 7) is 1.04. The van der Waals surface area contributed by atoms with Gasteiger partial charge in [0.05, 0.1) is 12.0 Å². The molecule has 2 aromatic rings. The summed E-state index contributed by atoms with van der Waals surface area (Å²) in [5, 5.41) is 7.02. The lowest BCUT2D eigenvalue weighted by Crippen LogP contribution is -2.30. The van der Waals surface area contributed by atoms with Gasteiger partial charge in [-0.15, -0.1) is 0 Å². The molecule has 0 radical (unpaired) electrons. The van der Waals surface area contributed by atoms with Crippen LogP contribution < -0.4 is 11.1 Å². The molecule has 6 heteroatoms. The monoisotopic (exact) mass is 271 g/mol. The van der Waals surface area contributed by atoms with Gasteiger partial charge in [-0.25, -0.2) is 9.67 Å². The van der Waals surface area contributed by atoms with Gasteiger partial charge in [0.25, 0.3) is 0 Å². The third kappa shape index (κ3) is 2.55. The molecule has 1 aliphatic carbocycles. The largest absolute Gasteiger partial charge is 0.329 e. The maximum absolute atomic E-state index is 12.1. The summed E-state index contributed by atoms with van der Waals surface area (Å²) in [5.74, 6) is 0.0258. The molecule has 0 aliphatic heterocycles. The molecule has 3 rings (SSSR count). The molecule has 1 aliphatic rings. The van der Waals surface area contributed by atoms with Gasteiger partial charge in [0.15, 0.2) is 0 Å². The second-order valence-corrected chi connectivity index (χ2v) is 5.23. The zero-order valence-electron chi connectivity index (χ0n) is 11.1. The van der Waals surface area contributed by atoms with Crippen LogP contribution in [-0.2, 0) is 11.3 Å². The van der Waals surface area contributed by atoms with E-state index in [1.165, 1.54) is 6.33 Å². The van der Waals surface area contributed by atoms with Crippen molar-refractivity contribution in [1.82, 2.24) is 14.8 Å². The number of rotatable bonds is 5. The van der Waals surface area contributed by atoms with Crippen LogP contribution in [0.1, 0.15) is 18.4 Å². The minimum Gasteiger partial charge on any atom is -0.329 e. The lowest BCUT2D eigenvalue weighted by Gasteiger charge is -2.13. The van der Waals surface area contributed by atoms with Crippen molar-refractivity contribution in [2.45, 2.75) is 19.4 Å². The minimum atomic E-state index is -0.331. The molecular weight excluding hydrogens is 254 g/mol. The van der Waals surface area contributed by atoms with Gasteiger partial charge < -0.3 is 11.1 Å². The molecule has 104 valence electrons. The fourth-order valence-corrected chi connectivity index (χ4v) is 2.19. The molecule has 20 heavy (non-hydrogen) atoms. The van der Waals surface area contributed by atoms with E-state index in [1.807, 2.05) is 24.3 Å². The van der Waals surface area contributed by atoms with Crippen LogP contribution in [0.3, 0.4) is 0 Å². The van der Waals surface area contributed by atoms with E-state index in [0.717, 1.165) is 24.1 Å². The van der Waals surface area contributed by atoms with Gasteiger partial charge >= 0.3 is 0 Å². The van der Waals surface area contributed by atoms with Gasteiger partial charge in [-0.3, -0.25) is 4.79 Å². The van der Waals surface area contributed by atoms with E-state index >= 15 is 0 Å². The lowest BCUT2D eigenvalue weighted by atomic mass is 10.1. The molecule has 0 unspecified atom stereocenters. The van der Waals surface area contributed by atoms with Crippen LogP contribution in [-0.4, -0.2) is 27.2 Å². The first-order valence-corrected chi connectivity index (χ1v) is 6.65. The van der Waals surface area contributed by atoms with Crippen molar-refractivity contribution in [3.8, 4) is 0 Å². The summed E-state index contributed by atoms with van der Waals surface area (Å²) in [4.78, 5) is 16.0. The Morgan fingerprint density at radius 1 is 1.45 bits per heavy atom. The predicted molar refractivity (Wildman–Crippen MR) is 74.9 cm³/mol. The third-order valence-electron chi connectivity index (χ3n) is 3.72. The Kier molecular flexibility index (Phi) is 3.23. The number of nitrogens with two attached hydrogens (primary N) is 1. The zero-order valence-corrected chi connectivity index (χ0v) is 11.1. The molecule has 1 aromatic heterocycles. The van der Waals surface area contributed by atoms with Crippen molar-refractivity contribution in [3.05, 3.63) is 42.5 Å². The number of nitrogens with zero attached hydrogens (tertiary/aromatic N) is 3. The van der Waals surface area contributed by atoms with E-state index in [1.54, 1.807) is 11.0 Å². The summed E-state index contributed by atoms with van der Waals surface area (Å²) >= 11 is 0. The number of nitrogens with one attached hydrogen (secondary N) is 1. The summed E-state index contributed by atoms with van der Waals surface area (Å²) in [7, 11) is 0. The fraction of sp³-hybridized carbons (Fsp3) is 0.357. The summed E-state index contributed by atoms with van der Waals surface area (Å²) < 4.78 is 1.74. The minimum absolute atomic E-state index is 0.0258. The second-order valence-electron chi connectivity index (χ2n) is 5.23. The van der Waals surface area contributed by atoms with Crippen LogP contribution in [0.15, 0.2) is 36.9 Å². The van der Waals surface area contributed by atoms with Crippen molar-refractivity contribution in [2.24, 2.45) is 11.1 Å². The normalized spacial score (nSPS) is 15.8. The van der Waals surface area contributed by atoms with Crippen LogP contribution in [0.2, 0.25) is 0 Å². The van der Waals surface area contributed by atoms with E-state index in [4.69, 9.17) is 5.73 Å². The first kappa shape index (κ1) is 12.8. The van der Waals surface area contributed by atoms with E-state index < -0.39 is 0 Å². The summed E-state index contributed by atoms with van der Waals surface area (Å²) in [6.07, 6.45) is 4.94. The molecule has 1 aromatic carbocycles. The lowest BCUT2D eigenvalue weighted by molar-refractivity contribution is -0.120. The molecule has 0 atom stereocenters. The number of hydrogen-bond acceptors (Lipinski definition) is 4. The van der Waals surface area contributed by atoms with Gasteiger partial charge in [0.1, 0.15) is 12.7 Å². The van der Waals surface area contributed by atoms with E-state index in [0.29, 0.717) is 13.1 Å². The fourth-order valence-electron chi connectivity index (χ4n) is 2.19. The highest BCUT2D eigenvalue weighted by Crippen LogP contribution is 2.45. The molecular formula is C14H17N5O.